The van der Waals surface area contributed by atoms with Gasteiger partial charge >= 0.3 is 0 Å². The van der Waals surface area contributed by atoms with Gasteiger partial charge in [0, 0.05) is 37.3 Å². The van der Waals surface area contributed by atoms with E-state index in [1.54, 1.807) is 13.2 Å². The third-order valence-electron chi connectivity index (χ3n) is 4.93. The van der Waals surface area contributed by atoms with Crippen LogP contribution in [-0.2, 0) is 0 Å². The molecular formula is C22H22N4O2. The summed E-state index contributed by atoms with van der Waals surface area (Å²) >= 11 is 0. The molecule has 6 nitrogen and oxygen atoms in total. The lowest BCUT2D eigenvalue weighted by Crippen LogP contribution is -2.49. The van der Waals surface area contributed by atoms with Gasteiger partial charge in [-0.1, -0.05) is 36.4 Å². The fraction of sp³-hybridized carbons (Fsp3) is 0.227. The lowest BCUT2D eigenvalue weighted by molar-refractivity contribution is 0.0746. The molecule has 1 aromatic heterocycles. The number of ether oxygens (including phenoxy) is 1. The summed E-state index contributed by atoms with van der Waals surface area (Å²) < 4.78 is 5.21. The van der Waals surface area contributed by atoms with E-state index in [1.165, 1.54) is 0 Å². The fourth-order valence-corrected chi connectivity index (χ4v) is 3.33. The Bertz CT molecular complexity index is 936. The number of carbonyl (C=O) groups excluding carboxylic acids is 1. The summed E-state index contributed by atoms with van der Waals surface area (Å²) in [4.78, 5) is 16.8. The van der Waals surface area contributed by atoms with E-state index in [0.717, 1.165) is 30.2 Å². The summed E-state index contributed by atoms with van der Waals surface area (Å²) in [5.41, 5.74) is 2.56. The fourth-order valence-electron chi connectivity index (χ4n) is 3.33. The SMILES string of the molecule is COc1cccc(C(=O)N2CCN(c3ccc(-c4ccccc4)nn3)CC2)c1. The lowest BCUT2D eigenvalue weighted by Gasteiger charge is -2.35. The van der Waals surface area contributed by atoms with Crippen molar-refractivity contribution >= 4 is 11.7 Å². The number of benzene rings is 2. The molecule has 0 aliphatic carbocycles. The third kappa shape index (κ3) is 3.81. The van der Waals surface area contributed by atoms with Gasteiger partial charge < -0.3 is 14.5 Å². The summed E-state index contributed by atoms with van der Waals surface area (Å²) in [7, 11) is 1.60. The molecule has 0 bridgehead atoms. The first-order valence-corrected chi connectivity index (χ1v) is 9.32. The van der Waals surface area contributed by atoms with Crippen molar-refractivity contribution in [1.29, 1.82) is 0 Å². The monoisotopic (exact) mass is 374 g/mol. The maximum absolute atomic E-state index is 12.7. The van der Waals surface area contributed by atoms with Crippen LogP contribution in [0.5, 0.6) is 5.75 Å². The molecule has 0 unspecified atom stereocenters. The van der Waals surface area contributed by atoms with Crippen molar-refractivity contribution in [1.82, 2.24) is 15.1 Å². The van der Waals surface area contributed by atoms with Gasteiger partial charge in [-0.05, 0) is 30.3 Å². The number of hydrogen-bond acceptors (Lipinski definition) is 5. The quantitative estimate of drug-likeness (QED) is 0.702. The van der Waals surface area contributed by atoms with Gasteiger partial charge in [-0.25, -0.2) is 0 Å². The first-order chi connectivity index (χ1) is 13.7. The Morgan fingerprint density at radius 3 is 2.36 bits per heavy atom. The van der Waals surface area contributed by atoms with Crippen LogP contribution in [0.4, 0.5) is 5.82 Å². The molecule has 2 aromatic carbocycles. The van der Waals surface area contributed by atoms with Gasteiger partial charge in [0.15, 0.2) is 5.82 Å². The van der Waals surface area contributed by atoms with Crippen LogP contribution in [0, 0.1) is 0 Å². The molecule has 4 rings (SSSR count). The molecule has 1 aliphatic rings. The molecule has 6 heteroatoms. The molecule has 0 N–H and O–H groups in total. The second-order valence-corrected chi connectivity index (χ2v) is 6.65. The van der Waals surface area contributed by atoms with Crippen LogP contribution < -0.4 is 9.64 Å². The highest BCUT2D eigenvalue weighted by Crippen LogP contribution is 2.20. The number of anilines is 1. The van der Waals surface area contributed by atoms with Gasteiger partial charge in [-0.3, -0.25) is 4.79 Å². The molecule has 142 valence electrons. The second-order valence-electron chi connectivity index (χ2n) is 6.65. The number of aromatic nitrogens is 2. The minimum atomic E-state index is 0.0315. The molecule has 3 aromatic rings. The van der Waals surface area contributed by atoms with Gasteiger partial charge in [-0.15, -0.1) is 10.2 Å². The average Bonchev–Trinajstić information content (AvgIpc) is 2.79. The summed E-state index contributed by atoms with van der Waals surface area (Å²) in [6, 6.07) is 21.3. The third-order valence-corrected chi connectivity index (χ3v) is 4.93. The Morgan fingerprint density at radius 1 is 0.893 bits per heavy atom. The number of methoxy groups -OCH3 is 1. The van der Waals surface area contributed by atoms with Crippen molar-refractivity contribution in [3.63, 3.8) is 0 Å². The number of amides is 1. The smallest absolute Gasteiger partial charge is 0.254 e. The van der Waals surface area contributed by atoms with Crippen molar-refractivity contribution in [2.75, 3.05) is 38.2 Å². The van der Waals surface area contributed by atoms with Crippen LogP contribution in [0.2, 0.25) is 0 Å². The van der Waals surface area contributed by atoms with Crippen LogP contribution >= 0.6 is 0 Å². The Morgan fingerprint density at radius 2 is 1.68 bits per heavy atom. The van der Waals surface area contributed by atoms with Gasteiger partial charge in [0.25, 0.3) is 5.91 Å². The second kappa shape index (κ2) is 8.08. The number of hydrogen-bond donors (Lipinski definition) is 0. The topological polar surface area (TPSA) is 58.6 Å². The Labute approximate surface area is 164 Å². The molecule has 0 saturated carbocycles. The predicted octanol–water partition coefficient (Wildman–Crippen LogP) is 3.11. The molecule has 1 aliphatic heterocycles. The van der Waals surface area contributed by atoms with E-state index in [2.05, 4.69) is 15.1 Å². The van der Waals surface area contributed by atoms with Gasteiger partial charge in [0.1, 0.15) is 5.75 Å². The van der Waals surface area contributed by atoms with Crippen molar-refractivity contribution in [3.8, 4) is 17.0 Å². The van der Waals surface area contributed by atoms with E-state index in [-0.39, 0.29) is 5.91 Å². The number of nitrogens with zero attached hydrogens (tertiary/aromatic N) is 4. The average molecular weight is 374 g/mol. The highest BCUT2D eigenvalue weighted by atomic mass is 16.5. The Kier molecular flexibility index (Phi) is 5.19. The van der Waals surface area contributed by atoms with Gasteiger partial charge in [-0.2, -0.15) is 0 Å². The van der Waals surface area contributed by atoms with E-state index < -0.39 is 0 Å². The van der Waals surface area contributed by atoms with Crippen LogP contribution in [-0.4, -0.2) is 54.3 Å². The summed E-state index contributed by atoms with van der Waals surface area (Å²) in [5, 5.41) is 8.74. The maximum atomic E-state index is 12.7. The first-order valence-electron chi connectivity index (χ1n) is 9.32. The van der Waals surface area contributed by atoms with Gasteiger partial charge in [0.05, 0.1) is 12.8 Å². The number of carbonyl (C=O) groups is 1. The lowest BCUT2D eigenvalue weighted by atomic mass is 10.1. The van der Waals surface area contributed by atoms with Crippen molar-refractivity contribution in [3.05, 3.63) is 72.3 Å². The standard InChI is InChI=1S/C22H22N4O2/c1-28-19-9-5-8-18(16-19)22(27)26-14-12-25(13-15-26)21-11-10-20(23-24-21)17-6-3-2-4-7-17/h2-11,16H,12-15H2,1H3. The zero-order valence-electron chi connectivity index (χ0n) is 15.8. The van der Waals surface area contributed by atoms with Crippen molar-refractivity contribution in [2.45, 2.75) is 0 Å². The van der Waals surface area contributed by atoms with E-state index >= 15 is 0 Å². The molecule has 28 heavy (non-hydrogen) atoms. The molecule has 0 atom stereocenters. The molecule has 0 radical (unpaired) electrons. The number of rotatable bonds is 4. The zero-order valence-corrected chi connectivity index (χ0v) is 15.8. The Balaban J connectivity index is 1.39. The van der Waals surface area contributed by atoms with Crippen LogP contribution in [0.3, 0.4) is 0 Å². The molecule has 1 amide bonds. The summed E-state index contributed by atoms with van der Waals surface area (Å²) in [5.74, 6) is 1.57. The van der Waals surface area contributed by atoms with Crippen molar-refractivity contribution in [2.24, 2.45) is 0 Å². The highest BCUT2D eigenvalue weighted by Gasteiger charge is 2.23. The normalized spacial score (nSPS) is 14.0. The first kappa shape index (κ1) is 18.0. The number of piperazine rings is 1. The van der Waals surface area contributed by atoms with Gasteiger partial charge in [0.2, 0.25) is 0 Å². The van der Waals surface area contributed by atoms with Crippen molar-refractivity contribution < 1.29 is 9.53 Å². The highest BCUT2D eigenvalue weighted by molar-refractivity contribution is 5.94. The van der Waals surface area contributed by atoms with Crippen LogP contribution in [0.15, 0.2) is 66.7 Å². The zero-order chi connectivity index (χ0) is 19.3. The minimum absolute atomic E-state index is 0.0315. The summed E-state index contributed by atoms with van der Waals surface area (Å²) in [6.07, 6.45) is 0. The van der Waals surface area contributed by atoms with E-state index in [0.29, 0.717) is 24.4 Å². The van der Waals surface area contributed by atoms with E-state index in [4.69, 9.17) is 4.74 Å². The van der Waals surface area contributed by atoms with E-state index in [9.17, 15) is 4.79 Å². The van der Waals surface area contributed by atoms with Crippen LogP contribution in [0.25, 0.3) is 11.3 Å². The molecule has 1 fully saturated rings. The molecule has 0 spiro atoms. The minimum Gasteiger partial charge on any atom is -0.497 e. The maximum Gasteiger partial charge on any atom is 0.254 e. The largest absolute Gasteiger partial charge is 0.497 e. The Hall–Kier alpha value is -3.41. The molecule has 1 saturated heterocycles. The molecular weight excluding hydrogens is 352 g/mol. The predicted molar refractivity (Wildman–Crippen MR) is 109 cm³/mol. The van der Waals surface area contributed by atoms with E-state index in [1.807, 2.05) is 65.6 Å². The summed E-state index contributed by atoms with van der Waals surface area (Å²) in [6.45, 7) is 2.76. The van der Waals surface area contributed by atoms with Crippen LogP contribution in [0.1, 0.15) is 10.4 Å². The molecule has 2 heterocycles.